The summed E-state index contributed by atoms with van der Waals surface area (Å²) in [6.07, 6.45) is 1.77. The van der Waals surface area contributed by atoms with Gasteiger partial charge >= 0.3 is 0 Å². The van der Waals surface area contributed by atoms with Gasteiger partial charge in [0.2, 0.25) is 11.8 Å². The highest BCUT2D eigenvalue weighted by atomic mass is 127. The van der Waals surface area contributed by atoms with Crippen molar-refractivity contribution in [2.24, 2.45) is 4.99 Å². The highest BCUT2D eigenvalue weighted by Gasteiger charge is 2.21. The molecule has 1 saturated heterocycles. The minimum absolute atomic E-state index is 0. The fraction of sp³-hybridized carbons (Fsp3) is 0.800. The quantitative estimate of drug-likeness (QED) is 0.343. The number of likely N-dealkylation sites (tertiary alicyclic amines) is 1. The zero-order valence-electron chi connectivity index (χ0n) is 14.7. The van der Waals surface area contributed by atoms with E-state index in [1.165, 1.54) is 0 Å². The van der Waals surface area contributed by atoms with Gasteiger partial charge in [-0.3, -0.25) is 14.6 Å². The number of amides is 2. The van der Waals surface area contributed by atoms with Gasteiger partial charge in [-0.15, -0.1) is 24.0 Å². The van der Waals surface area contributed by atoms with Crippen molar-refractivity contribution in [1.29, 1.82) is 0 Å². The lowest BCUT2D eigenvalue weighted by Crippen LogP contribution is -2.52. The molecule has 0 saturated carbocycles. The predicted molar refractivity (Wildman–Crippen MR) is 103 cm³/mol. The van der Waals surface area contributed by atoms with Crippen LogP contribution in [0.5, 0.6) is 0 Å². The molecular weight excluding hydrogens is 409 g/mol. The minimum Gasteiger partial charge on any atom is -0.354 e. The van der Waals surface area contributed by atoms with Gasteiger partial charge in [-0.2, -0.15) is 0 Å². The van der Waals surface area contributed by atoms with Gasteiger partial charge in [-0.05, 0) is 33.6 Å². The first-order chi connectivity index (χ1) is 10.2. The maximum Gasteiger partial charge on any atom is 0.239 e. The second kappa shape index (κ2) is 9.94. The number of halogens is 1. The van der Waals surface area contributed by atoms with E-state index in [1.807, 2.05) is 25.7 Å². The van der Waals surface area contributed by atoms with Crippen LogP contribution in [0.2, 0.25) is 0 Å². The number of carbonyl (C=O) groups excluding carboxylic acids is 2. The Bertz CT molecular complexity index is 426. The molecular formula is C15H30IN5O2. The Morgan fingerprint density at radius 1 is 1.22 bits per heavy atom. The molecule has 0 aromatic carbocycles. The summed E-state index contributed by atoms with van der Waals surface area (Å²) in [5.41, 5.74) is -0.241. The Morgan fingerprint density at radius 2 is 1.78 bits per heavy atom. The summed E-state index contributed by atoms with van der Waals surface area (Å²) in [6.45, 7) is 9.14. The maximum atomic E-state index is 11.8. The fourth-order valence-corrected chi connectivity index (χ4v) is 2.35. The van der Waals surface area contributed by atoms with Crippen molar-refractivity contribution in [1.82, 2.24) is 20.9 Å². The van der Waals surface area contributed by atoms with Crippen molar-refractivity contribution in [3.8, 4) is 0 Å². The van der Waals surface area contributed by atoms with Crippen LogP contribution in [0.1, 0.15) is 40.5 Å². The van der Waals surface area contributed by atoms with E-state index in [0.717, 1.165) is 25.9 Å². The van der Waals surface area contributed by atoms with Gasteiger partial charge in [-0.25, -0.2) is 0 Å². The fourth-order valence-electron chi connectivity index (χ4n) is 2.35. The molecule has 7 nitrogen and oxygen atoms in total. The van der Waals surface area contributed by atoms with Gasteiger partial charge in [-0.1, -0.05) is 0 Å². The van der Waals surface area contributed by atoms with Gasteiger partial charge in [0, 0.05) is 38.6 Å². The van der Waals surface area contributed by atoms with Crippen LogP contribution in [0, 0.1) is 0 Å². The average molecular weight is 439 g/mol. The number of nitrogens with zero attached hydrogens (tertiary/aromatic N) is 2. The number of aliphatic imine (C=N–C) groups is 1. The Hall–Kier alpha value is -1.06. The van der Waals surface area contributed by atoms with E-state index in [1.54, 1.807) is 14.0 Å². The number of piperidine rings is 1. The van der Waals surface area contributed by atoms with Gasteiger partial charge < -0.3 is 20.9 Å². The zero-order valence-corrected chi connectivity index (χ0v) is 17.1. The first kappa shape index (κ1) is 21.9. The summed E-state index contributed by atoms with van der Waals surface area (Å²) < 4.78 is 0. The van der Waals surface area contributed by atoms with Crippen molar-refractivity contribution in [2.75, 3.05) is 26.7 Å². The lowest BCUT2D eigenvalue weighted by Gasteiger charge is -2.32. The van der Waals surface area contributed by atoms with Crippen LogP contribution in [0.25, 0.3) is 0 Å². The molecule has 1 aliphatic rings. The highest BCUT2D eigenvalue weighted by Crippen LogP contribution is 2.10. The molecule has 0 radical (unpaired) electrons. The topological polar surface area (TPSA) is 85.8 Å². The second-order valence-corrected chi connectivity index (χ2v) is 6.65. The summed E-state index contributed by atoms with van der Waals surface area (Å²) >= 11 is 0. The smallest absolute Gasteiger partial charge is 0.239 e. The molecule has 3 N–H and O–H groups in total. The van der Waals surface area contributed by atoms with Gasteiger partial charge in [0.25, 0.3) is 0 Å². The van der Waals surface area contributed by atoms with E-state index >= 15 is 0 Å². The largest absolute Gasteiger partial charge is 0.354 e. The number of hydrogen-bond donors (Lipinski definition) is 3. The molecule has 0 atom stereocenters. The number of carbonyl (C=O) groups is 2. The van der Waals surface area contributed by atoms with Crippen LogP contribution in [-0.4, -0.2) is 60.9 Å². The Morgan fingerprint density at radius 3 is 2.22 bits per heavy atom. The van der Waals surface area contributed by atoms with Gasteiger partial charge in [0.05, 0.1) is 6.54 Å². The summed E-state index contributed by atoms with van der Waals surface area (Å²) in [4.78, 5) is 29.1. The summed E-state index contributed by atoms with van der Waals surface area (Å²) in [5.74, 6) is 0.673. The monoisotopic (exact) mass is 439 g/mol. The highest BCUT2D eigenvalue weighted by molar-refractivity contribution is 14.0. The predicted octanol–water partition coefficient (Wildman–Crippen LogP) is 0.695. The van der Waals surface area contributed by atoms with Crippen molar-refractivity contribution >= 4 is 41.8 Å². The number of hydrogen-bond acceptors (Lipinski definition) is 3. The molecule has 8 heteroatoms. The Balaban J connectivity index is 0.00000484. The number of nitrogens with one attached hydrogen (secondary N) is 3. The lowest BCUT2D eigenvalue weighted by molar-refractivity contribution is -0.129. The lowest BCUT2D eigenvalue weighted by atomic mass is 10.1. The van der Waals surface area contributed by atoms with Crippen molar-refractivity contribution in [2.45, 2.75) is 52.1 Å². The molecule has 0 aromatic rings. The van der Waals surface area contributed by atoms with Crippen LogP contribution >= 0.6 is 24.0 Å². The third-order valence-electron chi connectivity index (χ3n) is 3.44. The molecule has 1 fully saturated rings. The molecule has 1 heterocycles. The SMILES string of the molecule is CN=C(NCC(=O)NC(C)(C)C)NC1CCN(C(C)=O)CC1.I. The zero-order chi connectivity index (χ0) is 16.8. The Labute approximate surface area is 156 Å². The summed E-state index contributed by atoms with van der Waals surface area (Å²) in [5, 5.41) is 9.22. The molecule has 134 valence electrons. The standard InChI is InChI=1S/C15H29N5O2.HI/c1-11(21)20-8-6-12(7-9-20)18-14(16-5)17-10-13(22)19-15(2,3)4;/h12H,6-10H2,1-5H3,(H,19,22)(H2,16,17,18);1H. The summed E-state index contributed by atoms with van der Waals surface area (Å²) in [7, 11) is 1.68. The van der Waals surface area contributed by atoms with Crippen LogP contribution in [0.15, 0.2) is 4.99 Å². The molecule has 1 rings (SSSR count). The number of rotatable bonds is 3. The molecule has 0 aliphatic carbocycles. The van der Waals surface area contributed by atoms with Gasteiger partial charge in [0.15, 0.2) is 5.96 Å². The third-order valence-corrected chi connectivity index (χ3v) is 3.44. The molecule has 2 amide bonds. The van der Waals surface area contributed by atoms with E-state index in [4.69, 9.17) is 0 Å². The van der Waals surface area contributed by atoms with Crippen LogP contribution in [-0.2, 0) is 9.59 Å². The van der Waals surface area contributed by atoms with Crippen LogP contribution in [0.4, 0.5) is 0 Å². The molecule has 1 aliphatic heterocycles. The molecule has 0 aromatic heterocycles. The van der Waals surface area contributed by atoms with Gasteiger partial charge in [0.1, 0.15) is 0 Å². The van der Waals surface area contributed by atoms with Crippen LogP contribution in [0.3, 0.4) is 0 Å². The van der Waals surface area contributed by atoms with Crippen molar-refractivity contribution < 1.29 is 9.59 Å². The maximum absolute atomic E-state index is 11.8. The first-order valence-corrected chi connectivity index (χ1v) is 7.75. The third kappa shape index (κ3) is 8.97. The van der Waals surface area contributed by atoms with Crippen molar-refractivity contribution in [3.63, 3.8) is 0 Å². The molecule has 23 heavy (non-hydrogen) atoms. The normalized spacial score (nSPS) is 16.4. The number of guanidine groups is 1. The van der Waals surface area contributed by atoms with Crippen molar-refractivity contribution in [3.05, 3.63) is 0 Å². The average Bonchev–Trinajstić information content (AvgIpc) is 2.42. The minimum atomic E-state index is -0.241. The van der Waals surface area contributed by atoms with E-state index in [-0.39, 0.29) is 53.9 Å². The second-order valence-electron chi connectivity index (χ2n) is 6.65. The molecule has 0 bridgehead atoms. The van der Waals surface area contributed by atoms with E-state index in [2.05, 4.69) is 20.9 Å². The van der Waals surface area contributed by atoms with E-state index in [9.17, 15) is 9.59 Å². The van der Waals surface area contributed by atoms with E-state index < -0.39 is 0 Å². The summed E-state index contributed by atoms with van der Waals surface area (Å²) in [6, 6.07) is 0.271. The van der Waals surface area contributed by atoms with E-state index in [0.29, 0.717) is 5.96 Å². The molecule has 0 unspecified atom stereocenters. The Kier molecular flexibility index (Phi) is 9.48. The van der Waals surface area contributed by atoms with Crippen LogP contribution < -0.4 is 16.0 Å². The first-order valence-electron chi connectivity index (χ1n) is 7.75. The molecule has 0 spiro atoms.